The summed E-state index contributed by atoms with van der Waals surface area (Å²) in [5, 5.41) is 14.0. The molecule has 0 saturated heterocycles. The van der Waals surface area contributed by atoms with Crippen molar-refractivity contribution in [1.82, 2.24) is 14.8 Å². The van der Waals surface area contributed by atoms with Crippen molar-refractivity contribution in [3.8, 4) is 17.3 Å². The fourth-order valence-electron chi connectivity index (χ4n) is 2.60. The summed E-state index contributed by atoms with van der Waals surface area (Å²) in [5.41, 5.74) is 10.6. The van der Waals surface area contributed by atoms with Gasteiger partial charge in [-0.2, -0.15) is 10.4 Å². The summed E-state index contributed by atoms with van der Waals surface area (Å²) in [7, 11) is 0. The third-order valence-electron chi connectivity index (χ3n) is 3.53. The molecule has 0 amide bonds. The Hall–Kier alpha value is -2.19. The van der Waals surface area contributed by atoms with Gasteiger partial charge in [-0.3, -0.25) is 9.67 Å². The Balaban J connectivity index is 2.11. The molecule has 0 spiro atoms. The van der Waals surface area contributed by atoms with Crippen LogP contribution in [0, 0.1) is 11.3 Å². The normalized spacial score (nSPS) is 12.6. The summed E-state index contributed by atoms with van der Waals surface area (Å²) in [6, 6.07) is 4.27. The average Bonchev–Trinajstić information content (AvgIpc) is 2.82. The van der Waals surface area contributed by atoms with Gasteiger partial charge in [0.05, 0.1) is 5.69 Å². The van der Waals surface area contributed by atoms with E-state index in [-0.39, 0.29) is 0 Å². The summed E-state index contributed by atoms with van der Waals surface area (Å²) in [6.07, 6.45) is 6.29. The minimum absolute atomic E-state index is 0.607. The monoisotopic (exact) mass is 253 g/mol. The Labute approximate surface area is 111 Å². The SMILES string of the molecule is N#Cc1c2c(nn1CCCN)-c1ccncc1CC2. The summed E-state index contributed by atoms with van der Waals surface area (Å²) >= 11 is 0. The minimum Gasteiger partial charge on any atom is -0.330 e. The molecule has 96 valence electrons. The summed E-state index contributed by atoms with van der Waals surface area (Å²) < 4.78 is 1.80. The summed E-state index contributed by atoms with van der Waals surface area (Å²) in [5.74, 6) is 0. The highest BCUT2D eigenvalue weighted by atomic mass is 15.3. The summed E-state index contributed by atoms with van der Waals surface area (Å²) in [4.78, 5) is 4.15. The second-order valence-electron chi connectivity index (χ2n) is 4.69. The Kier molecular flexibility index (Phi) is 3.02. The van der Waals surface area contributed by atoms with E-state index < -0.39 is 0 Å². The first-order valence-corrected chi connectivity index (χ1v) is 6.48. The van der Waals surface area contributed by atoms with Crippen molar-refractivity contribution in [3.63, 3.8) is 0 Å². The van der Waals surface area contributed by atoms with Gasteiger partial charge in [-0.25, -0.2) is 0 Å². The van der Waals surface area contributed by atoms with Crippen LogP contribution in [0.4, 0.5) is 0 Å². The molecule has 0 aromatic carbocycles. The number of rotatable bonds is 3. The van der Waals surface area contributed by atoms with Gasteiger partial charge in [-0.1, -0.05) is 0 Å². The lowest BCUT2D eigenvalue weighted by molar-refractivity contribution is 0.580. The maximum absolute atomic E-state index is 9.36. The molecule has 0 radical (unpaired) electrons. The van der Waals surface area contributed by atoms with Crippen molar-refractivity contribution < 1.29 is 0 Å². The minimum atomic E-state index is 0.607. The number of aromatic nitrogens is 3. The van der Waals surface area contributed by atoms with Crippen molar-refractivity contribution in [1.29, 1.82) is 5.26 Å². The molecule has 5 nitrogen and oxygen atoms in total. The molecular formula is C14H15N5. The molecule has 0 unspecified atom stereocenters. The largest absolute Gasteiger partial charge is 0.330 e. The molecule has 0 aliphatic heterocycles. The van der Waals surface area contributed by atoms with E-state index in [9.17, 15) is 5.26 Å². The van der Waals surface area contributed by atoms with Gasteiger partial charge in [-0.05, 0) is 37.4 Å². The zero-order valence-corrected chi connectivity index (χ0v) is 10.6. The van der Waals surface area contributed by atoms with E-state index in [0.717, 1.165) is 36.1 Å². The fraction of sp³-hybridized carbons (Fsp3) is 0.357. The number of nitrogens with two attached hydrogens (primary N) is 1. The van der Waals surface area contributed by atoms with Crippen molar-refractivity contribution in [2.24, 2.45) is 5.73 Å². The molecule has 1 aliphatic carbocycles. The predicted molar refractivity (Wildman–Crippen MR) is 71.3 cm³/mol. The Bertz CT molecular complexity index is 650. The lowest BCUT2D eigenvalue weighted by Gasteiger charge is -2.13. The molecule has 0 fully saturated rings. The molecule has 3 rings (SSSR count). The van der Waals surface area contributed by atoms with Crippen molar-refractivity contribution >= 4 is 0 Å². The molecule has 19 heavy (non-hydrogen) atoms. The quantitative estimate of drug-likeness (QED) is 0.893. The van der Waals surface area contributed by atoms with Crippen molar-refractivity contribution in [3.05, 3.63) is 35.3 Å². The maximum Gasteiger partial charge on any atom is 0.142 e. The Morgan fingerprint density at radius 1 is 1.42 bits per heavy atom. The van der Waals surface area contributed by atoms with Gasteiger partial charge >= 0.3 is 0 Å². The van der Waals surface area contributed by atoms with Crippen LogP contribution in [0.1, 0.15) is 23.2 Å². The summed E-state index contributed by atoms with van der Waals surface area (Å²) in [6.45, 7) is 1.31. The maximum atomic E-state index is 9.36. The lowest BCUT2D eigenvalue weighted by Crippen LogP contribution is -2.08. The van der Waals surface area contributed by atoms with Crippen LogP contribution in [-0.4, -0.2) is 21.3 Å². The van der Waals surface area contributed by atoms with Crippen molar-refractivity contribution in [2.75, 3.05) is 6.54 Å². The van der Waals surface area contributed by atoms with E-state index in [4.69, 9.17) is 5.73 Å². The van der Waals surface area contributed by atoms with Crippen molar-refractivity contribution in [2.45, 2.75) is 25.8 Å². The second-order valence-corrected chi connectivity index (χ2v) is 4.69. The molecule has 0 atom stereocenters. The zero-order chi connectivity index (χ0) is 13.2. The van der Waals surface area contributed by atoms with Gasteiger partial charge in [0.1, 0.15) is 11.8 Å². The first kappa shape index (κ1) is 11.9. The number of aryl methyl sites for hydroxylation is 2. The first-order valence-electron chi connectivity index (χ1n) is 6.48. The van der Waals surface area contributed by atoms with Crippen LogP contribution in [0.5, 0.6) is 0 Å². The number of nitriles is 1. The molecule has 2 N–H and O–H groups in total. The van der Waals surface area contributed by atoms with Gasteiger partial charge in [0.15, 0.2) is 0 Å². The standard InChI is InChI=1S/C14H15N5/c15-5-1-7-19-13(8-16)12-3-2-10-9-17-6-4-11(10)14(12)18-19/h4,6,9H,1-3,5,7,15H2. The first-order chi connectivity index (χ1) is 9.35. The lowest BCUT2D eigenvalue weighted by atomic mass is 9.90. The van der Waals surface area contributed by atoms with Crippen LogP contribution in [0.3, 0.4) is 0 Å². The predicted octanol–water partition coefficient (Wildman–Crippen LogP) is 1.26. The van der Waals surface area contributed by atoms with Gasteiger partial charge in [0.25, 0.3) is 0 Å². The highest BCUT2D eigenvalue weighted by Gasteiger charge is 2.24. The van der Waals surface area contributed by atoms with Gasteiger partial charge in [0.2, 0.25) is 0 Å². The topological polar surface area (TPSA) is 80.5 Å². The van der Waals surface area contributed by atoms with E-state index in [1.165, 1.54) is 5.56 Å². The number of hydrogen-bond donors (Lipinski definition) is 1. The smallest absolute Gasteiger partial charge is 0.142 e. The third-order valence-corrected chi connectivity index (χ3v) is 3.53. The third kappa shape index (κ3) is 1.90. The number of pyridine rings is 1. The van der Waals surface area contributed by atoms with E-state index in [1.54, 1.807) is 10.9 Å². The number of nitrogens with zero attached hydrogens (tertiary/aromatic N) is 4. The molecule has 1 aliphatic rings. The zero-order valence-electron chi connectivity index (χ0n) is 10.6. The Morgan fingerprint density at radius 2 is 2.32 bits per heavy atom. The van der Waals surface area contributed by atoms with E-state index in [1.807, 2.05) is 12.3 Å². The highest BCUT2D eigenvalue weighted by Crippen LogP contribution is 2.33. The van der Waals surface area contributed by atoms with Crippen LogP contribution >= 0.6 is 0 Å². The fourth-order valence-corrected chi connectivity index (χ4v) is 2.60. The molecule has 2 aromatic rings. The highest BCUT2D eigenvalue weighted by molar-refractivity contribution is 5.70. The number of fused-ring (bicyclic) bond motifs is 3. The molecular weight excluding hydrogens is 238 g/mol. The van der Waals surface area contributed by atoms with Gasteiger partial charge in [-0.15, -0.1) is 0 Å². The van der Waals surface area contributed by atoms with E-state index in [0.29, 0.717) is 18.8 Å². The number of hydrogen-bond acceptors (Lipinski definition) is 4. The van der Waals surface area contributed by atoms with Crippen LogP contribution < -0.4 is 5.73 Å². The molecule has 0 bridgehead atoms. The van der Waals surface area contributed by atoms with Crippen LogP contribution in [0.2, 0.25) is 0 Å². The molecule has 2 heterocycles. The van der Waals surface area contributed by atoms with Crippen LogP contribution in [0.25, 0.3) is 11.3 Å². The van der Waals surface area contributed by atoms with Gasteiger partial charge in [0, 0.05) is 30.1 Å². The second kappa shape index (κ2) is 4.82. The van der Waals surface area contributed by atoms with Crippen LogP contribution in [0.15, 0.2) is 18.5 Å². The molecule has 0 saturated carbocycles. The molecule has 2 aromatic heterocycles. The van der Waals surface area contributed by atoms with Gasteiger partial charge < -0.3 is 5.73 Å². The van der Waals surface area contributed by atoms with E-state index >= 15 is 0 Å². The van der Waals surface area contributed by atoms with Crippen LogP contribution in [-0.2, 0) is 19.4 Å². The molecule has 5 heteroatoms. The van der Waals surface area contributed by atoms with E-state index in [2.05, 4.69) is 16.2 Å². The average molecular weight is 253 g/mol. The Morgan fingerprint density at radius 3 is 3.11 bits per heavy atom.